The first kappa shape index (κ1) is 9.28. The largest absolute Gasteiger partial charge is 0.390 e. The smallest absolute Gasteiger partial charge is 0.0987 e. The predicted molar refractivity (Wildman–Crippen MR) is 43.3 cm³/mol. The summed E-state index contributed by atoms with van der Waals surface area (Å²) in [6, 6.07) is -0.720. The van der Waals surface area contributed by atoms with Crippen molar-refractivity contribution in [3.8, 4) is 0 Å². The van der Waals surface area contributed by atoms with E-state index in [4.69, 9.17) is 5.73 Å². The van der Waals surface area contributed by atoms with Crippen LogP contribution in [-0.2, 0) is 0 Å². The van der Waals surface area contributed by atoms with Crippen molar-refractivity contribution in [3.05, 3.63) is 0 Å². The van der Waals surface area contributed by atoms with E-state index in [1.165, 1.54) is 11.8 Å². The third kappa shape index (κ3) is 1.39. The van der Waals surface area contributed by atoms with Gasteiger partial charge >= 0.3 is 0 Å². The maximum atomic E-state index is 9.33. The number of hydrogen-bond donors (Lipinski definition) is 4. The average molecular weight is 179 g/mol. The highest BCUT2D eigenvalue weighted by Crippen LogP contribution is 2.28. The molecule has 0 aromatic carbocycles. The van der Waals surface area contributed by atoms with Crippen LogP contribution in [0, 0.1) is 0 Å². The Morgan fingerprint density at radius 3 is 1.82 bits per heavy atom. The Hall–Kier alpha value is 0.190. The van der Waals surface area contributed by atoms with Crippen molar-refractivity contribution in [2.24, 2.45) is 5.73 Å². The molecule has 5 heteroatoms. The van der Waals surface area contributed by atoms with Crippen molar-refractivity contribution in [1.82, 2.24) is 0 Å². The van der Waals surface area contributed by atoms with Gasteiger partial charge < -0.3 is 21.1 Å². The third-order valence-electron chi connectivity index (χ3n) is 2.08. The number of nitrogens with two attached hydrogens (primary N) is 1. The Balaban J connectivity index is 2.69. The average Bonchev–Trinajstić information content (AvgIpc) is 2.17. The molecule has 5 N–H and O–H groups in total. The molecule has 11 heavy (non-hydrogen) atoms. The Morgan fingerprint density at radius 2 is 1.64 bits per heavy atom. The second kappa shape index (κ2) is 3.28. The van der Waals surface area contributed by atoms with Crippen LogP contribution in [0.15, 0.2) is 0 Å². The Bertz CT molecular complexity index is 132. The van der Waals surface area contributed by atoms with Crippen molar-refractivity contribution in [2.75, 3.05) is 6.26 Å². The van der Waals surface area contributed by atoms with E-state index in [1.807, 2.05) is 0 Å². The second-order valence-electron chi connectivity index (χ2n) is 2.75. The summed E-state index contributed by atoms with van der Waals surface area (Å²) < 4.78 is 0. The zero-order chi connectivity index (χ0) is 8.59. The quantitative estimate of drug-likeness (QED) is 0.379. The molecule has 0 heterocycles. The maximum Gasteiger partial charge on any atom is 0.0987 e. The summed E-state index contributed by atoms with van der Waals surface area (Å²) in [5, 5.41) is 27.4. The molecule has 0 saturated heterocycles. The topological polar surface area (TPSA) is 86.7 Å². The molecular formula is C6H13NO3S. The number of hydrogen-bond acceptors (Lipinski definition) is 5. The molecule has 1 aliphatic carbocycles. The maximum absolute atomic E-state index is 9.33. The summed E-state index contributed by atoms with van der Waals surface area (Å²) in [7, 11) is 0. The summed E-state index contributed by atoms with van der Waals surface area (Å²) in [6.07, 6.45) is -0.950. The minimum Gasteiger partial charge on any atom is -0.390 e. The zero-order valence-electron chi connectivity index (χ0n) is 6.21. The number of aliphatic hydroxyl groups is 3. The summed E-state index contributed by atoms with van der Waals surface area (Å²) in [4.78, 5) is 0. The Morgan fingerprint density at radius 1 is 1.09 bits per heavy atom. The lowest BCUT2D eigenvalue weighted by Gasteiger charge is -2.14. The molecule has 0 bridgehead atoms. The van der Waals surface area contributed by atoms with Gasteiger partial charge in [-0.2, -0.15) is 11.8 Å². The van der Waals surface area contributed by atoms with E-state index in [1.54, 1.807) is 6.26 Å². The van der Waals surface area contributed by atoms with Crippen LogP contribution in [0.3, 0.4) is 0 Å². The minimum absolute atomic E-state index is 0.361. The Labute approximate surface area is 69.4 Å². The molecule has 0 aromatic rings. The van der Waals surface area contributed by atoms with Crippen molar-refractivity contribution in [1.29, 1.82) is 0 Å². The van der Waals surface area contributed by atoms with Crippen LogP contribution in [0.25, 0.3) is 0 Å². The fourth-order valence-electron chi connectivity index (χ4n) is 1.32. The molecule has 0 amide bonds. The number of thioether (sulfide) groups is 1. The van der Waals surface area contributed by atoms with Crippen LogP contribution in [-0.4, -0.2) is 51.2 Å². The summed E-state index contributed by atoms with van der Waals surface area (Å²) in [5.74, 6) is 0. The lowest BCUT2D eigenvalue weighted by atomic mass is 10.2. The van der Waals surface area contributed by atoms with Crippen LogP contribution < -0.4 is 5.73 Å². The summed E-state index contributed by atoms with van der Waals surface area (Å²) >= 11 is 1.32. The molecule has 0 unspecified atom stereocenters. The van der Waals surface area contributed by atoms with Gasteiger partial charge in [0.15, 0.2) is 0 Å². The van der Waals surface area contributed by atoms with Crippen molar-refractivity contribution in [3.63, 3.8) is 0 Å². The van der Waals surface area contributed by atoms with Gasteiger partial charge in [-0.25, -0.2) is 0 Å². The van der Waals surface area contributed by atoms with Crippen LogP contribution >= 0.6 is 11.8 Å². The molecule has 0 radical (unpaired) electrons. The molecule has 4 nitrogen and oxygen atoms in total. The molecular weight excluding hydrogens is 166 g/mol. The summed E-state index contributed by atoms with van der Waals surface area (Å²) in [5.41, 5.74) is 5.40. The predicted octanol–water partition coefficient (Wildman–Crippen LogP) is -1.86. The highest BCUT2D eigenvalue weighted by Gasteiger charge is 2.46. The van der Waals surface area contributed by atoms with E-state index in [0.29, 0.717) is 0 Å². The van der Waals surface area contributed by atoms with E-state index in [9.17, 15) is 15.3 Å². The van der Waals surface area contributed by atoms with Crippen LogP contribution in [0.4, 0.5) is 0 Å². The van der Waals surface area contributed by atoms with E-state index in [0.717, 1.165) is 0 Å². The minimum atomic E-state index is -0.998. The van der Waals surface area contributed by atoms with Crippen molar-refractivity contribution in [2.45, 2.75) is 29.6 Å². The van der Waals surface area contributed by atoms with Crippen LogP contribution in [0.1, 0.15) is 0 Å². The molecule has 0 aliphatic heterocycles. The van der Waals surface area contributed by atoms with Gasteiger partial charge in [-0.3, -0.25) is 0 Å². The van der Waals surface area contributed by atoms with E-state index >= 15 is 0 Å². The van der Waals surface area contributed by atoms with Gasteiger partial charge in [0.1, 0.15) is 0 Å². The monoisotopic (exact) mass is 179 g/mol. The molecule has 1 saturated carbocycles. The van der Waals surface area contributed by atoms with Gasteiger partial charge in [0, 0.05) is 0 Å². The van der Waals surface area contributed by atoms with Gasteiger partial charge in [-0.05, 0) is 6.26 Å². The molecule has 0 spiro atoms. The molecule has 1 fully saturated rings. The van der Waals surface area contributed by atoms with Gasteiger partial charge in [0.2, 0.25) is 0 Å². The summed E-state index contributed by atoms with van der Waals surface area (Å²) in [6.45, 7) is 0. The number of aliphatic hydroxyl groups excluding tert-OH is 3. The van der Waals surface area contributed by atoms with Crippen LogP contribution in [0.5, 0.6) is 0 Å². The molecule has 1 aliphatic rings. The van der Waals surface area contributed by atoms with E-state index < -0.39 is 24.4 Å². The van der Waals surface area contributed by atoms with E-state index in [2.05, 4.69) is 0 Å². The first-order chi connectivity index (χ1) is 5.09. The van der Waals surface area contributed by atoms with Crippen LogP contribution in [0.2, 0.25) is 0 Å². The standard InChI is InChI=1S/C6H13NO3S/c1-11-6-4(9)2(7)3(8)5(6)10/h2-6,8-10H,7H2,1H3/t2-,3-,4+,5-,6-/m1/s1. The normalized spacial score (nSPS) is 51.5. The van der Waals surface area contributed by atoms with Gasteiger partial charge in [0.05, 0.1) is 29.6 Å². The lowest BCUT2D eigenvalue weighted by molar-refractivity contribution is 0.0373. The molecule has 5 atom stereocenters. The van der Waals surface area contributed by atoms with Gasteiger partial charge in [-0.15, -0.1) is 0 Å². The third-order valence-corrected chi connectivity index (χ3v) is 3.19. The van der Waals surface area contributed by atoms with Crippen molar-refractivity contribution < 1.29 is 15.3 Å². The van der Waals surface area contributed by atoms with Gasteiger partial charge in [-0.1, -0.05) is 0 Å². The highest BCUT2D eigenvalue weighted by atomic mass is 32.2. The molecule has 1 rings (SSSR count). The highest BCUT2D eigenvalue weighted by molar-refractivity contribution is 7.99. The lowest BCUT2D eigenvalue weighted by Crippen LogP contribution is -2.40. The zero-order valence-corrected chi connectivity index (χ0v) is 7.03. The number of rotatable bonds is 1. The fraction of sp³-hybridized carbons (Fsp3) is 1.00. The SMILES string of the molecule is CS[C@H]1[C@H](O)[C@H](O)[C@@H](N)[C@@H]1O. The van der Waals surface area contributed by atoms with Crippen molar-refractivity contribution >= 4 is 11.8 Å². The first-order valence-corrected chi connectivity index (χ1v) is 4.71. The fourth-order valence-corrected chi connectivity index (χ4v) is 2.22. The molecule has 66 valence electrons. The second-order valence-corrected chi connectivity index (χ2v) is 3.77. The first-order valence-electron chi connectivity index (χ1n) is 3.42. The Kier molecular flexibility index (Phi) is 2.77. The van der Waals surface area contributed by atoms with E-state index in [-0.39, 0.29) is 5.25 Å². The van der Waals surface area contributed by atoms with Gasteiger partial charge in [0.25, 0.3) is 0 Å². The molecule has 0 aromatic heterocycles.